The molecule has 0 saturated carbocycles. The summed E-state index contributed by atoms with van der Waals surface area (Å²) in [5.41, 5.74) is 12.2. The quantitative estimate of drug-likeness (QED) is 0.0168. The van der Waals surface area contributed by atoms with Crippen molar-refractivity contribution < 1.29 is 43.5 Å². The smallest absolute Gasteiger partial charge is 0.305 e. The first-order chi connectivity index (χ1) is 27.3. The fourth-order valence-electron chi connectivity index (χ4n) is 5.91. The number of nitrogens with zero attached hydrogens (tertiary/aromatic N) is 1. The summed E-state index contributed by atoms with van der Waals surface area (Å²) in [6, 6.07) is 2.87. The third-order valence-corrected chi connectivity index (χ3v) is 11.2. The lowest BCUT2D eigenvalue weighted by Crippen LogP contribution is -2.56. The SMILES string of the molecule is N=C(N)NCCCC[C@H](NC(=O)CCSSCC(NC=O)C(N)=O)C(=O)NCC(=O)N[C@@H](CC(=O)O)C(=O)N[C@@H](Cc1c[nH]c2ccccc12)C(=O)N1CCCC1. The van der Waals surface area contributed by atoms with Crippen LogP contribution in [-0.4, -0.2) is 131 Å². The number of primary amides is 1. The van der Waals surface area contributed by atoms with E-state index < -0.39 is 72.6 Å². The second-order valence-electron chi connectivity index (χ2n) is 13.1. The van der Waals surface area contributed by atoms with Gasteiger partial charge in [0.2, 0.25) is 41.9 Å². The first kappa shape index (κ1) is 45.9. The number of benzene rings is 1. The molecular weight excluding hydrogens is 783 g/mol. The first-order valence-corrected chi connectivity index (χ1v) is 20.8. The van der Waals surface area contributed by atoms with Gasteiger partial charge in [-0.1, -0.05) is 39.8 Å². The molecule has 1 aliphatic heterocycles. The molecule has 0 bridgehead atoms. The number of guanidine groups is 1. The molecule has 0 aliphatic carbocycles. The monoisotopic (exact) mass is 833 g/mol. The molecule has 7 amide bonds. The zero-order valence-corrected chi connectivity index (χ0v) is 32.9. The van der Waals surface area contributed by atoms with Crippen molar-refractivity contribution in [3.63, 3.8) is 0 Å². The summed E-state index contributed by atoms with van der Waals surface area (Å²) >= 11 is 0. The molecule has 0 spiro atoms. The van der Waals surface area contributed by atoms with Crippen molar-refractivity contribution in [2.45, 2.75) is 75.5 Å². The Labute approximate surface area is 336 Å². The van der Waals surface area contributed by atoms with Crippen LogP contribution in [0, 0.1) is 5.41 Å². The van der Waals surface area contributed by atoms with Gasteiger partial charge in [0.15, 0.2) is 5.96 Å². The number of H-pyrrole nitrogens is 1. The number of para-hydroxylation sites is 1. The van der Waals surface area contributed by atoms with Gasteiger partial charge in [-0.3, -0.25) is 43.8 Å². The fourth-order valence-corrected chi connectivity index (χ4v) is 8.09. The average Bonchev–Trinajstić information content (AvgIpc) is 3.85. The summed E-state index contributed by atoms with van der Waals surface area (Å²) in [6.07, 6.45) is 4.11. The number of hydrogen-bond donors (Lipinski definition) is 11. The Hall–Kier alpha value is -5.51. The van der Waals surface area contributed by atoms with E-state index in [0.717, 1.165) is 29.3 Å². The second kappa shape index (κ2) is 24.2. The maximum absolute atomic E-state index is 13.6. The van der Waals surface area contributed by atoms with Crippen LogP contribution < -0.4 is 43.4 Å². The molecule has 20 nitrogen and oxygen atoms in total. The van der Waals surface area contributed by atoms with Gasteiger partial charge in [0.1, 0.15) is 24.2 Å². The maximum atomic E-state index is 13.6. The minimum absolute atomic E-state index is 0.0102. The standard InChI is InChI=1S/C35H51N11O9S2/c36-31(52)27(42-20-47)19-57-56-14-10-28(48)43-24(9-3-4-11-39-35(37)38)32(53)41-18-29(49)44-25(16-30(50)51)33(54)45-26(34(55)46-12-5-6-13-46)15-21-17-40-23-8-2-1-7-22(21)23/h1-2,7-8,17,20,24-27,40H,3-6,9-16,18-19H2,(H2,36,52)(H,41,53)(H,42,47)(H,43,48)(H,44,49)(H,45,54)(H,50,51)(H4,37,38,39)/t24-,25-,26-,27?/m0/s1. The largest absolute Gasteiger partial charge is 0.481 e. The van der Waals surface area contributed by atoms with Gasteiger partial charge in [-0.25, -0.2) is 0 Å². The molecule has 0 radical (unpaired) electrons. The Bertz CT molecular complexity index is 1740. The van der Waals surface area contributed by atoms with Crippen LogP contribution in [0.2, 0.25) is 0 Å². The van der Waals surface area contributed by atoms with Crippen molar-refractivity contribution in [1.29, 1.82) is 5.41 Å². The van der Waals surface area contributed by atoms with E-state index in [1.807, 2.05) is 24.3 Å². The van der Waals surface area contributed by atoms with Crippen LogP contribution in [0.15, 0.2) is 30.5 Å². The summed E-state index contributed by atoms with van der Waals surface area (Å²) < 4.78 is 0. The predicted molar refractivity (Wildman–Crippen MR) is 214 cm³/mol. The molecule has 57 heavy (non-hydrogen) atoms. The van der Waals surface area contributed by atoms with E-state index in [4.69, 9.17) is 16.9 Å². The van der Waals surface area contributed by atoms with Gasteiger partial charge in [-0.05, 0) is 43.7 Å². The van der Waals surface area contributed by atoms with Crippen LogP contribution in [0.4, 0.5) is 0 Å². The van der Waals surface area contributed by atoms with E-state index in [1.165, 1.54) is 21.6 Å². The molecule has 1 aromatic heterocycles. The molecule has 2 aromatic rings. The molecule has 312 valence electrons. The molecule has 22 heteroatoms. The van der Waals surface area contributed by atoms with Crippen molar-refractivity contribution in [3.8, 4) is 0 Å². The molecule has 2 heterocycles. The summed E-state index contributed by atoms with van der Waals surface area (Å²) in [6.45, 7) is 0.721. The Morgan fingerprint density at radius 3 is 2.30 bits per heavy atom. The Morgan fingerprint density at radius 1 is 0.895 bits per heavy atom. The number of fused-ring (bicyclic) bond motifs is 1. The lowest BCUT2D eigenvalue weighted by molar-refractivity contribution is -0.141. The number of nitrogens with two attached hydrogens (primary N) is 2. The van der Waals surface area contributed by atoms with Gasteiger partial charge in [0.05, 0.1) is 13.0 Å². The molecule has 1 aliphatic rings. The zero-order chi connectivity index (χ0) is 41.7. The Balaban J connectivity index is 1.61. The summed E-state index contributed by atoms with van der Waals surface area (Å²) in [5, 5.41) is 32.8. The number of likely N-dealkylation sites (tertiary alicyclic amines) is 1. The lowest BCUT2D eigenvalue weighted by Gasteiger charge is -2.26. The van der Waals surface area contributed by atoms with Crippen molar-refractivity contribution >= 4 is 86.3 Å². The number of amides is 7. The predicted octanol–water partition coefficient (Wildman–Crippen LogP) is -1.60. The van der Waals surface area contributed by atoms with Crippen molar-refractivity contribution in [3.05, 3.63) is 36.0 Å². The summed E-state index contributed by atoms with van der Waals surface area (Å²) in [5.74, 6) is -5.13. The number of nitrogens with one attached hydrogen (secondary N) is 8. The number of rotatable bonds is 26. The normalized spacial score (nSPS) is 14.4. The first-order valence-electron chi connectivity index (χ1n) is 18.3. The van der Waals surface area contributed by atoms with Gasteiger partial charge in [0, 0.05) is 61.1 Å². The second-order valence-corrected chi connectivity index (χ2v) is 15.8. The minimum atomic E-state index is -1.59. The van der Waals surface area contributed by atoms with Crippen molar-refractivity contribution in [2.75, 3.05) is 37.7 Å². The van der Waals surface area contributed by atoms with Gasteiger partial charge < -0.3 is 58.4 Å². The van der Waals surface area contributed by atoms with E-state index >= 15 is 0 Å². The zero-order valence-electron chi connectivity index (χ0n) is 31.3. The molecular formula is C35H51N11O9S2. The van der Waals surface area contributed by atoms with E-state index in [1.54, 1.807) is 11.1 Å². The maximum Gasteiger partial charge on any atom is 0.305 e. The van der Waals surface area contributed by atoms with Crippen molar-refractivity contribution in [2.24, 2.45) is 11.5 Å². The fraction of sp³-hybridized carbons (Fsp3) is 0.514. The van der Waals surface area contributed by atoms with Crippen LogP contribution >= 0.6 is 21.6 Å². The van der Waals surface area contributed by atoms with Crippen LogP contribution in [0.3, 0.4) is 0 Å². The molecule has 4 atom stereocenters. The highest BCUT2D eigenvalue weighted by Gasteiger charge is 2.32. The number of unbranched alkanes of at least 4 members (excludes halogenated alkanes) is 1. The molecule has 3 rings (SSSR count). The van der Waals surface area contributed by atoms with Crippen LogP contribution in [0.5, 0.6) is 0 Å². The number of carbonyl (C=O) groups excluding carboxylic acids is 7. The van der Waals surface area contributed by atoms with Crippen molar-refractivity contribution in [1.82, 2.24) is 41.8 Å². The van der Waals surface area contributed by atoms with Gasteiger partial charge in [-0.2, -0.15) is 0 Å². The molecule has 1 saturated heterocycles. The minimum Gasteiger partial charge on any atom is -0.481 e. The number of aromatic amines is 1. The molecule has 1 unspecified atom stereocenters. The molecule has 1 aromatic carbocycles. The number of carboxylic acids is 1. The molecule has 13 N–H and O–H groups in total. The third kappa shape index (κ3) is 16.2. The Morgan fingerprint density at radius 2 is 1.61 bits per heavy atom. The number of aliphatic carboxylic acids is 1. The highest BCUT2D eigenvalue weighted by Crippen LogP contribution is 2.23. The number of hydrogen-bond acceptors (Lipinski definition) is 11. The van der Waals surface area contributed by atoms with E-state index in [0.29, 0.717) is 44.6 Å². The van der Waals surface area contributed by atoms with E-state index in [2.05, 4.69) is 36.9 Å². The Kier molecular flexibility index (Phi) is 19.5. The van der Waals surface area contributed by atoms with Crippen LogP contribution in [0.25, 0.3) is 10.9 Å². The summed E-state index contributed by atoms with van der Waals surface area (Å²) in [4.78, 5) is 105. The lowest BCUT2D eigenvalue weighted by atomic mass is 10.0. The highest BCUT2D eigenvalue weighted by atomic mass is 33.1. The van der Waals surface area contributed by atoms with Gasteiger partial charge in [-0.15, -0.1) is 0 Å². The summed E-state index contributed by atoms with van der Waals surface area (Å²) in [7, 11) is 2.48. The van der Waals surface area contributed by atoms with Gasteiger partial charge in [0.25, 0.3) is 0 Å². The van der Waals surface area contributed by atoms with E-state index in [-0.39, 0.29) is 36.9 Å². The third-order valence-electron chi connectivity index (χ3n) is 8.81. The van der Waals surface area contributed by atoms with E-state index in [9.17, 15) is 43.5 Å². The number of carbonyl (C=O) groups is 8. The highest BCUT2D eigenvalue weighted by molar-refractivity contribution is 8.76. The van der Waals surface area contributed by atoms with Crippen LogP contribution in [0.1, 0.15) is 50.5 Å². The van der Waals surface area contributed by atoms with Gasteiger partial charge >= 0.3 is 5.97 Å². The average molecular weight is 834 g/mol. The molecule has 1 fully saturated rings. The van der Waals surface area contributed by atoms with Crippen LogP contribution in [-0.2, 0) is 44.8 Å². The number of carboxylic acid groups (broad SMARTS) is 1. The number of aromatic nitrogens is 1. The topological polar surface area (TPSA) is 324 Å².